The summed E-state index contributed by atoms with van der Waals surface area (Å²) in [5.74, 6) is 0.838. The van der Waals surface area contributed by atoms with Gasteiger partial charge in [0, 0.05) is 12.6 Å². The number of aromatic nitrogens is 1. The highest BCUT2D eigenvalue weighted by Crippen LogP contribution is 2.27. The number of halogens is 1. The number of ether oxygens (including phenoxy) is 1. The van der Waals surface area contributed by atoms with Crippen molar-refractivity contribution in [3.8, 4) is 5.75 Å². The molecule has 1 heterocycles. The number of nitrogens with zero attached hydrogens (tertiary/aromatic N) is 2. The molecule has 0 aliphatic heterocycles. The van der Waals surface area contributed by atoms with E-state index in [0.29, 0.717) is 6.42 Å². The zero-order chi connectivity index (χ0) is 16.7. The van der Waals surface area contributed by atoms with Crippen LogP contribution in [0.1, 0.15) is 19.3 Å². The van der Waals surface area contributed by atoms with Gasteiger partial charge in [0.15, 0.2) is 11.9 Å². The predicted molar refractivity (Wildman–Crippen MR) is 87.0 cm³/mol. The Hall–Kier alpha value is -1.84. The SMILES string of the molecule is COc1cccc2c(NCCCCCO[N+](=O)[O-])cc[n+](C)c12.[I-]. The van der Waals surface area contributed by atoms with Crippen LogP contribution in [0.3, 0.4) is 0 Å². The quantitative estimate of drug-likeness (QED) is 0.184. The first-order chi connectivity index (χ1) is 11.1. The molecule has 0 fully saturated rings. The number of benzene rings is 1. The Morgan fingerprint density at radius 3 is 2.75 bits per heavy atom. The molecule has 0 saturated heterocycles. The van der Waals surface area contributed by atoms with Crippen molar-refractivity contribution in [2.45, 2.75) is 19.3 Å². The maximum absolute atomic E-state index is 10.0. The molecule has 1 aromatic heterocycles. The lowest BCUT2D eigenvalue weighted by atomic mass is 10.1. The van der Waals surface area contributed by atoms with Crippen LogP contribution in [0, 0.1) is 10.1 Å². The maximum Gasteiger partial charge on any atom is 0.294 e. The predicted octanol–water partition coefficient (Wildman–Crippen LogP) is -0.533. The Bertz CT molecular complexity index is 682. The molecule has 0 atom stereocenters. The van der Waals surface area contributed by atoms with E-state index in [1.54, 1.807) is 7.11 Å². The fourth-order valence-corrected chi connectivity index (χ4v) is 2.54. The van der Waals surface area contributed by atoms with Gasteiger partial charge in [-0.2, -0.15) is 4.57 Å². The smallest absolute Gasteiger partial charge is 0.294 e. The number of aryl methyl sites for hydroxylation is 1. The maximum atomic E-state index is 10.0. The van der Waals surface area contributed by atoms with E-state index in [1.807, 2.05) is 36.0 Å². The second kappa shape index (κ2) is 10.1. The van der Waals surface area contributed by atoms with Crippen LogP contribution >= 0.6 is 0 Å². The lowest BCUT2D eigenvalue weighted by Crippen LogP contribution is -3.00. The number of para-hydroxylation sites is 1. The summed E-state index contributed by atoms with van der Waals surface area (Å²) in [5, 5.41) is 13.8. The van der Waals surface area contributed by atoms with Crippen LogP contribution in [0.2, 0.25) is 0 Å². The molecule has 0 radical (unpaired) electrons. The summed E-state index contributed by atoms with van der Waals surface area (Å²) in [6, 6.07) is 8.02. The molecule has 0 aliphatic rings. The molecule has 8 heteroatoms. The minimum atomic E-state index is -0.748. The first-order valence-electron chi connectivity index (χ1n) is 7.60. The van der Waals surface area contributed by atoms with Gasteiger partial charge in [0.2, 0.25) is 0 Å². The summed E-state index contributed by atoms with van der Waals surface area (Å²) in [5.41, 5.74) is 2.10. The second-order valence-electron chi connectivity index (χ2n) is 5.24. The van der Waals surface area contributed by atoms with Gasteiger partial charge in [0.25, 0.3) is 10.6 Å². The summed E-state index contributed by atoms with van der Waals surface area (Å²) in [4.78, 5) is 14.3. The van der Waals surface area contributed by atoms with Crippen LogP contribution in [0.25, 0.3) is 10.9 Å². The molecule has 0 amide bonds. The standard InChI is InChI=1S/C16H21N3O4.HI/c1-18-11-9-14(13-7-6-8-15(22-2)16(13)18)17-10-4-3-5-12-23-19(20)21;/h6-9,11H,3-5,10,12H2,1-2H3;1H. The van der Waals surface area contributed by atoms with Crippen molar-refractivity contribution in [2.75, 3.05) is 25.6 Å². The highest BCUT2D eigenvalue weighted by Gasteiger charge is 2.14. The largest absolute Gasteiger partial charge is 1.00 e. The molecule has 132 valence electrons. The fourth-order valence-electron chi connectivity index (χ4n) is 2.54. The van der Waals surface area contributed by atoms with Crippen molar-refractivity contribution >= 4 is 16.6 Å². The van der Waals surface area contributed by atoms with E-state index in [4.69, 9.17) is 4.74 Å². The van der Waals surface area contributed by atoms with E-state index in [1.165, 1.54) is 0 Å². The second-order valence-corrected chi connectivity index (χ2v) is 5.24. The van der Waals surface area contributed by atoms with E-state index >= 15 is 0 Å². The van der Waals surface area contributed by atoms with Crippen molar-refractivity contribution in [1.29, 1.82) is 0 Å². The van der Waals surface area contributed by atoms with Gasteiger partial charge in [0.05, 0.1) is 24.8 Å². The summed E-state index contributed by atoms with van der Waals surface area (Å²) in [7, 11) is 3.66. The average molecular weight is 447 g/mol. The van der Waals surface area contributed by atoms with E-state index in [0.717, 1.165) is 41.7 Å². The molecule has 1 aromatic carbocycles. The average Bonchev–Trinajstić information content (AvgIpc) is 2.55. The van der Waals surface area contributed by atoms with Gasteiger partial charge in [-0.25, -0.2) is 0 Å². The molecule has 7 nitrogen and oxygen atoms in total. The molecular formula is C16H22IN3O4. The number of hydrogen-bond donors (Lipinski definition) is 1. The number of rotatable bonds is 9. The summed E-state index contributed by atoms with van der Waals surface area (Å²) >= 11 is 0. The van der Waals surface area contributed by atoms with Crippen LogP contribution in [-0.4, -0.2) is 25.3 Å². The molecule has 0 aliphatic carbocycles. The Morgan fingerprint density at radius 1 is 1.25 bits per heavy atom. The number of methoxy groups -OCH3 is 1. The molecule has 0 spiro atoms. The fraction of sp³-hybridized carbons (Fsp3) is 0.438. The normalized spacial score (nSPS) is 10.1. The van der Waals surface area contributed by atoms with Crippen LogP contribution < -0.4 is 38.6 Å². The minimum Gasteiger partial charge on any atom is -1.00 e. The Morgan fingerprint density at radius 2 is 2.04 bits per heavy atom. The molecule has 2 aromatic rings. The summed E-state index contributed by atoms with van der Waals surface area (Å²) in [6.07, 6.45) is 4.48. The van der Waals surface area contributed by atoms with Crippen LogP contribution in [0.5, 0.6) is 5.75 Å². The van der Waals surface area contributed by atoms with Crippen molar-refractivity contribution in [3.63, 3.8) is 0 Å². The van der Waals surface area contributed by atoms with Gasteiger partial charge < -0.3 is 38.9 Å². The van der Waals surface area contributed by atoms with Crippen molar-refractivity contribution in [2.24, 2.45) is 7.05 Å². The number of pyridine rings is 1. The third-order valence-electron chi connectivity index (χ3n) is 3.66. The molecule has 1 N–H and O–H groups in total. The van der Waals surface area contributed by atoms with E-state index in [9.17, 15) is 10.1 Å². The zero-order valence-electron chi connectivity index (χ0n) is 13.8. The third kappa shape index (κ3) is 5.36. The van der Waals surface area contributed by atoms with Gasteiger partial charge in [-0.3, -0.25) is 0 Å². The summed E-state index contributed by atoms with van der Waals surface area (Å²) in [6.45, 7) is 0.965. The van der Waals surface area contributed by atoms with Crippen LogP contribution in [-0.2, 0) is 11.9 Å². The number of nitrogens with one attached hydrogen (secondary N) is 1. The highest BCUT2D eigenvalue weighted by molar-refractivity contribution is 5.92. The van der Waals surface area contributed by atoms with Crippen molar-refractivity contribution < 1.29 is 43.2 Å². The Kier molecular flexibility index (Phi) is 8.51. The van der Waals surface area contributed by atoms with Gasteiger partial charge in [-0.1, -0.05) is 6.07 Å². The lowest BCUT2D eigenvalue weighted by molar-refractivity contribution is -0.757. The van der Waals surface area contributed by atoms with Crippen LogP contribution in [0.4, 0.5) is 5.69 Å². The molecule has 0 bridgehead atoms. The summed E-state index contributed by atoms with van der Waals surface area (Å²) < 4.78 is 7.47. The number of unbranched alkanes of at least 4 members (excludes halogenated alkanes) is 2. The Balaban J connectivity index is 0.00000288. The molecule has 2 rings (SSSR count). The molecular weight excluding hydrogens is 425 g/mol. The van der Waals surface area contributed by atoms with E-state index < -0.39 is 5.09 Å². The zero-order valence-corrected chi connectivity index (χ0v) is 16.0. The van der Waals surface area contributed by atoms with Crippen molar-refractivity contribution in [1.82, 2.24) is 0 Å². The molecule has 0 saturated carbocycles. The molecule has 0 unspecified atom stereocenters. The van der Waals surface area contributed by atoms with Gasteiger partial charge in [-0.05, 0) is 31.4 Å². The highest BCUT2D eigenvalue weighted by atomic mass is 127. The Labute approximate surface area is 158 Å². The van der Waals surface area contributed by atoms with Crippen molar-refractivity contribution in [3.05, 3.63) is 40.6 Å². The first-order valence-corrected chi connectivity index (χ1v) is 7.60. The van der Waals surface area contributed by atoms with E-state index in [-0.39, 0.29) is 30.6 Å². The number of fused-ring (bicyclic) bond motifs is 1. The number of hydrogen-bond acceptors (Lipinski definition) is 5. The number of anilines is 1. The molecule has 24 heavy (non-hydrogen) atoms. The monoisotopic (exact) mass is 447 g/mol. The van der Waals surface area contributed by atoms with Crippen LogP contribution in [0.15, 0.2) is 30.5 Å². The van der Waals surface area contributed by atoms with E-state index in [2.05, 4.69) is 16.2 Å². The lowest BCUT2D eigenvalue weighted by Gasteiger charge is -2.10. The van der Waals surface area contributed by atoms with Gasteiger partial charge in [-0.15, -0.1) is 10.1 Å². The van der Waals surface area contributed by atoms with Gasteiger partial charge >= 0.3 is 0 Å². The first kappa shape index (κ1) is 20.2. The topological polar surface area (TPSA) is 77.5 Å². The third-order valence-corrected chi connectivity index (χ3v) is 3.66. The minimum absolute atomic E-state index is 0. The van der Waals surface area contributed by atoms with Gasteiger partial charge in [0.1, 0.15) is 7.05 Å².